The molecule has 14 saturated carbocycles. The number of fused-ring (bicyclic) bond motifs is 4. The molecule has 0 radical (unpaired) electrons. The number of ether oxygens (including phenoxy) is 3. The number of hydrogen-bond acceptors (Lipinski definition) is 4. The van der Waals surface area contributed by atoms with Crippen LogP contribution >= 0.6 is 0 Å². The van der Waals surface area contributed by atoms with Crippen LogP contribution in [0.25, 0.3) is 0 Å². The van der Waals surface area contributed by atoms with Crippen molar-refractivity contribution in [3.05, 3.63) is 23.3 Å². The van der Waals surface area contributed by atoms with Crippen LogP contribution in [0.5, 0.6) is 11.5 Å². The van der Waals surface area contributed by atoms with E-state index in [1.54, 1.807) is 66.1 Å². The summed E-state index contributed by atoms with van der Waals surface area (Å²) >= 11 is 0. The summed E-state index contributed by atoms with van der Waals surface area (Å²) in [6, 6.07) is 4.53. The van der Waals surface area contributed by atoms with Crippen LogP contribution in [0.2, 0.25) is 0 Å². The second-order valence-corrected chi connectivity index (χ2v) is 23.6. The van der Waals surface area contributed by atoms with Gasteiger partial charge in [-0.25, -0.2) is 0 Å². The summed E-state index contributed by atoms with van der Waals surface area (Å²) in [6.07, 6.45) is 15.3. The molecule has 0 spiro atoms. The van der Waals surface area contributed by atoms with Crippen LogP contribution in [0.4, 0.5) is 0 Å². The van der Waals surface area contributed by atoms with Gasteiger partial charge in [0.05, 0.1) is 14.2 Å². The Balaban J connectivity index is 0.940. The molecule has 15 aliphatic carbocycles. The molecule has 29 atom stereocenters. The van der Waals surface area contributed by atoms with E-state index in [-0.39, 0.29) is 12.1 Å². The molecule has 29 unspecified atom stereocenters. The standard InChI is InChI=1S/C49H60O4/c1-16(50)53-49-25-15-30(52-3)29(51-2)14-19(25)11-26-27-12-24-10-22-9-21-8-20-6-17-4-5-18-7-23-13-28(38(26)49)40-39(27)44-36(24)35(22)43-34(21)33(20)41-31(17)32(18)42-37(23)45(40)48(44)47(43)46(41)42/h14-15,17-18,20-24,26-28,31-49H,4-13H2,1-3H3. The summed E-state index contributed by atoms with van der Waals surface area (Å²) in [4.78, 5) is 13.3. The minimum atomic E-state index is -0.135. The van der Waals surface area contributed by atoms with E-state index in [9.17, 15) is 4.79 Å². The van der Waals surface area contributed by atoms with Crippen molar-refractivity contribution in [1.82, 2.24) is 0 Å². The summed E-state index contributed by atoms with van der Waals surface area (Å²) in [6.45, 7) is 1.69. The highest BCUT2D eigenvalue weighted by Crippen LogP contribution is 2.89. The number of carbonyl (C=O) groups is 1. The van der Waals surface area contributed by atoms with Crippen molar-refractivity contribution in [2.75, 3.05) is 14.2 Å². The fourth-order valence-electron chi connectivity index (χ4n) is 24.8. The molecule has 0 saturated heterocycles. The summed E-state index contributed by atoms with van der Waals surface area (Å²) in [5.41, 5.74) is 2.64. The van der Waals surface area contributed by atoms with Crippen molar-refractivity contribution >= 4 is 5.97 Å². The van der Waals surface area contributed by atoms with Gasteiger partial charge in [0, 0.05) is 12.8 Å². The van der Waals surface area contributed by atoms with Crippen molar-refractivity contribution in [2.45, 2.75) is 77.2 Å². The van der Waals surface area contributed by atoms with E-state index in [2.05, 4.69) is 12.1 Å². The SMILES string of the molecule is COc1cc2c(cc1OC)C(OC(C)=O)C1C(C2)C2CC3CC4CC5CC6CC7CCC8CC9CC1C1C2C2C3C4C3C5C6C4C7C8C5C9C1C2C3C45. The third-order valence-corrected chi connectivity index (χ3v) is 23.8. The van der Waals surface area contributed by atoms with Crippen LogP contribution in [0, 0.1) is 166 Å². The maximum Gasteiger partial charge on any atom is 0.303 e. The lowest BCUT2D eigenvalue weighted by Crippen LogP contribution is -2.66. The maximum absolute atomic E-state index is 13.3. The Morgan fingerprint density at radius 3 is 1.43 bits per heavy atom. The van der Waals surface area contributed by atoms with Gasteiger partial charge >= 0.3 is 5.97 Å². The molecular weight excluding hydrogens is 653 g/mol. The van der Waals surface area contributed by atoms with E-state index in [4.69, 9.17) is 14.2 Å². The summed E-state index contributed by atoms with van der Waals surface area (Å²) in [5.74, 6) is 29.9. The van der Waals surface area contributed by atoms with Gasteiger partial charge in [-0.1, -0.05) is 0 Å². The van der Waals surface area contributed by atoms with Gasteiger partial charge < -0.3 is 14.2 Å². The molecule has 1 aromatic rings. The molecule has 15 aliphatic rings. The number of hydrogen-bond donors (Lipinski definition) is 0. The van der Waals surface area contributed by atoms with E-state index in [0.29, 0.717) is 11.8 Å². The number of carbonyl (C=O) groups excluding carboxylic acids is 1. The minimum absolute atomic E-state index is 0.0880. The Morgan fingerprint density at radius 2 is 0.887 bits per heavy atom. The molecule has 0 heterocycles. The molecule has 0 aliphatic heterocycles. The molecule has 53 heavy (non-hydrogen) atoms. The molecule has 4 heteroatoms. The monoisotopic (exact) mass is 712 g/mol. The first-order valence-electron chi connectivity index (χ1n) is 23.4. The molecule has 0 N–H and O–H groups in total. The summed E-state index contributed by atoms with van der Waals surface area (Å²) in [7, 11) is 3.56. The first-order valence-corrected chi connectivity index (χ1v) is 23.4. The van der Waals surface area contributed by atoms with Gasteiger partial charge in [0.15, 0.2) is 11.5 Å². The first-order chi connectivity index (χ1) is 26.0. The van der Waals surface area contributed by atoms with Crippen LogP contribution in [0.3, 0.4) is 0 Å². The number of rotatable bonds is 3. The molecule has 14 fully saturated rings. The van der Waals surface area contributed by atoms with Crippen LogP contribution in [-0.2, 0) is 16.0 Å². The zero-order valence-electron chi connectivity index (χ0n) is 32.1. The molecular formula is C49H60O4. The van der Waals surface area contributed by atoms with Crippen molar-refractivity contribution in [1.29, 1.82) is 0 Å². The average Bonchev–Trinajstić information content (AvgIpc) is 3.92. The fourth-order valence-corrected chi connectivity index (χ4v) is 24.8. The number of methoxy groups -OCH3 is 2. The van der Waals surface area contributed by atoms with E-state index in [1.165, 1.54) is 24.0 Å². The smallest absolute Gasteiger partial charge is 0.303 e. The van der Waals surface area contributed by atoms with Crippen LogP contribution < -0.4 is 9.47 Å². The minimum Gasteiger partial charge on any atom is -0.493 e. The van der Waals surface area contributed by atoms with E-state index in [1.807, 2.05) is 0 Å². The van der Waals surface area contributed by atoms with Crippen LogP contribution in [-0.4, -0.2) is 20.2 Å². The summed E-state index contributed by atoms with van der Waals surface area (Å²) < 4.78 is 18.7. The molecule has 1 aromatic carbocycles. The van der Waals surface area contributed by atoms with Gasteiger partial charge in [-0.2, -0.15) is 0 Å². The zero-order chi connectivity index (χ0) is 34.2. The molecule has 0 bridgehead atoms. The van der Waals surface area contributed by atoms with Crippen molar-refractivity contribution in [3.8, 4) is 11.5 Å². The van der Waals surface area contributed by atoms with Gasteiger partial charge in [0.25, 0.3) is 0 Å². The predicted octanol–water partition coefficient (Wildman–Crippen LogP) is 8.82. The fraction of sp³-hybridized carbons (Fsp3) is 0.857. The Labute approximate surface area is 316 Å². The van der Waals surface area contributed by atoms with Gasteiger partial charge in [-0.05, 0) is 247 Å². The van der Waals surface area contributed by atoms with Gasteiger partial charge in [0.1, 0.15) is 6.10 Å². The van der Waals surface area contributed by atoms with Crippen LogP contribution in [0.15, 0.2) is 12.1 Å². The largest absolute Gasteiger partial charge is 0.493 e. The topological polar surface area (TPSA) is 44.8 Å². The molecule has 0 aromatic heterocycles. The lowest BCUT2D eigenvalue weighted by Gasteiger charge is -2.69. The molecule has 280 valence electrons. The second-order valence-electron chi connectivity index (χ2n) is 23.6. The first kappa shape index (κ1) is 29.5. The van der Waals surface area contributed by atoms with Crippen molar-refractivity contribution in [3.63, 3.8) is 0 Å². The third-order valence-electron chi connectivity index (χ3n) is 23.8. The van der Waals surface area contributed by atoms with E-state index in [0.717, 1.165) is 172 Å². The van der Waals surface area contributed by atoms with Crippen LogP contribution in [0.1, 0.15) is 81.9 Å². The Bertz CT molecular complexity index is 1890. The third kappa shape index (κ3) is 2.95. The number of benzene rings is 1. The Morgan fingerprint density at radius 1 is 0.472 bits per heavy atom. The second kappa shape index (κ2) is 9.19. The highest BCUT2D eigenvalue weighted by Gasteiger charge is 2.85. The molecule has 4 nitrogen and oxygen atoms in total. The normalized spacial score (nSPS) is 66.3. The van der Waals surface area contributed by atoms with Crippen molar-refractivity contribution < 1.29 is 19.0 Å². The van der Waals surface area contributed by atoms with E-state index >= 15 is 0 Å². The van der Waals surface area contributed by atoms with E-state index < -0.39 is 0 Å². The molecule has 16 rings (SSSR count). The Hall–Kier alpha value is -1.71. The number of esters is 1. The zero-order valence-corrected chi connectivity index (χ0v) is 32.1. The quantitative estimate of drug-likeness (QED) is 0.294. The average molecular weight is 713 g/mol. The van der Waals surface area contributed by atoms with Gasteiger partial charge in [-0.3, -0.25) is 4.79 Å². The summed E-state index contributed by atoms with van der Waals surface area (Å²) in [5, 5.41) is 0. The highest BCUT2D eigenvalue weighted by atomic mass is 16.5. The molecule has 0 amide bonds. The lowest BCUT2D eigenvalue weighted by molar-refractivity contribution is -0.225. The maximum atomic E-state index is 13.3. The highest BCUT2D eigenvalue weighted by molar-refractivity contribution is 5.67. The van der Waals surface area contributed by atoms with Gasteiger partial charge in [0.2, 0.25) is 0 Å². The lowest BCUT2D eigenvalue weighted by atomic mass is 9.35. The predicted molar refractivity (Wildman–Crippen MR) is 197 cm³/mol. The Kier molecular flexibility index (Phi) is 5.12. The van der Waals surface area contributed by atoms with Gasteiger partial charge in [-0.15, -0.1) is 0 Å². The van der Waals surface area contributed by atoms with Crippen molar-refractivity contribution in [2.24, 2.45) is 166 Å².